The summed E-state index contributed by atoms with van der Waals surface area (Å²) < 4.78 is 0. The Bertz CT molecular complexity index is 661. The highest BCUT2D eigenvalue weighted by Crippen LogP contribution is 2.29. The minimum atomic E-state index is -1.16. The predicted octanol–water partition coefficient (Wildman–Crippen LogP) is 4.02. The summed E-state index contributed by atoms with van der Waals surface area (Å²) in [6, 6.07) is 13.6. The molecule has 2 aromatic rings. The number of carboxylic acid groups (broad SMARTS) is 1. The number of aryl methyl sites for hydroxylation is 3. The van der Waals surface area contributed by atoms with Gasteiger partial charge < -0.3 is 10.4 Å². The lowest BCUT2D eigenvalue weighted by atomic mass is 9.87. The average molecular weight is 283 g/mol. The van der Waals surface area contributed by atoms with Gasteiger partial charge in [0.2, 0.25) is 0 Å². The van der Waals surface area contributed by atoms with Crippen molar-refractivity contribution in [1.82, 2.24) is 0 Å². The van der Waals surface area contributed by atoms with E-state index in [4.69, 9.17) is 0 Å². The SMILES string of the molecule is Cc1ccc(NC(C)(C(=O)O)c2ccc(C)cc2C)cc1. The van der Waals surface area contributed by atoms with E-state index < -0.39 is 11.5 Å². The molecule has 0 bridgehead atoms. The fraction of sp³-hybridized carbons (Fsp3) is 0.278. The van der Waals surface area contributed by atoms with Crippen molar-refractivity contribution in [3.8, 4) is 0 Å². The maximum atomic E-state index is 11.9. The molecule has 2 rings (SSSR count). The Morgan fingerprint density at radius 3 is 2.10 bits per heavy atom. The molecule has 110 valence electrons. The molecule has 0 radical (unpaired) electrons. The maximum absolute atomic E-state index is 11.9. The zero-order valence-electron chi connectivity index (χ0n) is 12.9. The van der Waals surface area contributed by atoms with E-state index in [0.29, 0.717) is 0 Å². The van der Waals surface area contributed by atoms with Crippen molar-refractivity contribution in [1.29, 1.82) is 0 Å². The van der Waals surface area contributed by atoms with E-state index >= 15 is 0 Å². The van der Waals surface area contributed by atoms with E-state index in [1.54, 1.807) is 6.92 Å². The monoisotopic (exact) mass is 283 g/mol. The van der Waals surface area contributed by atoms with Gasteiger partial charge in [0.05, 0.1) is 0 Å². The Morgan fingerprint density at radius 1 is 1.00 bits per heavy atom. The lowest BCUT2D eigenvalue weighted by Gasteiger charge is -2.29. The molecule has 2 N–H and O–H groups in total. The molecule has 3 heteroatoms. The average Bonchev–Trinajstić information content (AvgIpc) is 2.41. The van der Waals surface area contributed by atoms with E-state index in [-0.39, 0.29) is 0 Å². The number of carbonyl (C=O) groups is 1. The van der Waals surface area contributed by atoms with E-state index in [9.17, 15) is 9.90 Å². The molecule has 0 aliphatic heterocycles. The minimum absolute atomic E-state index is 0.779. The highest BCUT2D eigenvalue weighted by molar-refractivity contribution is 5.84. The van der Waals surface area contributed by atoms with Gasteiger partial charge in [-0.1, -0.05) is 41.5 Å². The molecule has 0 saturated carbocycles. The van der Waals surface area contributed by atoms with Gasteiger partial charge in [0.25, 0.3) is 0 Å². The zero-order valence-corrected chi connectivity index (χ0v) is 12.9. The number of anilines is 1. The third-order valence-electron chi connectivity index (χ3n) is 3.79. The van der Waals surface area contributed by atoms with Gasteiger partial charge >= 0.3 is 5.97 Å². The molecule has 2 aromatic carbocycles. The van der Waals surface area contributed by atoms with Crippen LogP contribution in [0, 0.1) is 20.8 Å². The summed E-state index contributed by atoms with van der Waals surface area (Å²) in [5.74, 6) is -0.893. The molecule has 0 heterocycles. The van der Waals surface area contributed by atoms with Crippen molar-refractivity contribution in [2.75, 3.05) is 5.32 Å². The van der Waals surface area contributed by atoms with Gasteiger partial charge in [0, 0.05) is 5.69 Å². The predicted molar refractivity (Wildman–Crippen MR) is 85.7 cm³/mol. The molecule has 0 aromatic heterocycles. The molecule has 0 fully saturated rings. The molecule has 1 unspecified atom stereocenters. The van der Waals surface area contributed by atoms with Gasteiger partial charge in [-0.25, -0.2) is 4.79 Å². The lowest BCUT2D eigenvalue weighted by Crippen LogP contribution is -2.41. The minimum Gasteiger partial charge on any atom is -0.479 e. The fourth-order valence-corrected chi connectivity index (χ4v) is 2.54. The summed E-state index contributed by atoms with van der Waals surface area (Å²) in [6.07, 6.45) is 0. The summed E-state index contributed by atoms with van der Waals surface area (Å²) >= 11 is 0. The molecule has 3 nitrogen and oxygen atoms in total. The van der Waals surface area contributed by atoms with Crippen molar-refractivity contribution in [2.45, 2.75) is 33.2 Å². The third kappa shape index (κ3) is 3.07. The third-order valence-corrected chi connectivity index (χ3v) is 3.79. The van der Waals surface area contributed by atoms with Crippen molar-refractivity contribution in [2.24, 2.45) is 0 Å². The number of aliphatic carboxylic acids is 1. The summed E-state index contributed by atoms with van der Waals surface area (Å²) in [6.45, 7) is 7.65. The molecule has 21 heavy (non-hydrogen) atoms. The number of rotatable bonds is 4. The largest absolute Gasteiger partial charge is 0.479 e. The zero-order chi connectivity index (χ0) is 15.6. The second-order valence-electron chi connectivity index (χ2n) is 5.74. The maximum Gasteiger partial charge on any atom is 0.333 e. The first-order valence-corrected chi connectivity index (χ1v) is 6.99. The van der Waals surface area contributed by atoms with Crippen molar-refractivity contribution >= 4 is 11.7 Å². The van der Waals surface area contributed by atoms with Crippen LogP contribution in [0.2, 0.25) is 0 Å². The second-order valence-corrected chi connectivity index (χ2v) is 5.74. The smallest absolute Gasteiger partial charge is 0.333 e. The van der Waals surface area contributed by atoms with Crippen LogP contribution >= 0.6 is 0 Å². The normalized spacial score (nSPS) is 13.5. The van der Waals surface area contributed by atoms with E-state index in [2.05, 4.69) is 5.32 Å². The van der Waals surface area contributed by atoms with Gasteiger partial charge in [-0.2, -0.15) is 0 Å². The molecule has 0 amide bonds. The van der Waals surface area contributed by atoms with Crippen LogP contribution in [0.25, 0.3) is 0 Å². The molecule has 0 aliphatic rings. The van der Waals surface area contributed by atoms with Crippen LogP contribution in [0.15, 0.2) is 42.5 Å². The van der Waals surface area contributed by atoms with Crippen molar-refractivity contribution in [3.63, 3.8) is 0 Å². The number of benzene rings is 2. The van der Waals surface area contributed by atoms with E-state index in [1.807, 2.05) is 63.2 Å². The Labute approximate surface area is 125 Å². The van der Waals surface area contributed by atoms with Crippen LogP contribution < -0.4 is 5.32 Å². The summed E-state index contributed by atoms with van der Waals surface area (Å²) in [4.78, 5) is 11.9. The number of hydrogen-bond acceptors (Lipinski definition) is 2. The van der Waals surface area contributed by atoms with E-state index in [1.165, 1.54) is 0 Å². The highest BCUT2D eigenvalue weighted by atomic mass is 16.4. The Balaban J connectivity index is 2.45. The van der Waals surface area contributed by atoms with Crippen LogP contribution in [0.4, 0.5) is 5.69 Å². The topological polar surface area (TPSA) is 49.3 Å². The Hall–Kier alpha value is -2.29. The second kappa shape index (κ2) is 5.60. The lowest BCUT2D eigenvalue weighted by molar-refractivity contribution is -0.142. The number of nitrogens with one attached hydrogen (secondary N) is 1. The fourth-order valence-electron chi connectivity index (χ4n) is 2.54. The first kappa shape index (κ1) is 15.1. The quantitative estimate of drug-likeness (QED) is 0.891. The van der Waals surface area contributed by atoms with Gasteiger partial charge in [-0.05, 0) is 51.0 Å². The van der Waals surface area contributed by atoms with Gasteiger partial charge in [0.1, 0.15) is 0 Å². The first-order chi connectivity index (χ1) is 9.83. The molecule has 0 spiro atoms. The number of hydrogen-bond donors (Lipinski definition) is 2. The van der Waals surface area contributed by atoms with Crippen LogP contribution in [0.3, 0.4) is 0 Å². The number of carboxylic acids is 1. The van der Waals surface area contributed by atoms with Crippen LogP contribution in [-0.4, -0.2) is 11.1 Å². The molecular formula is C18H21NO2. The Morgan fingerprint density at radius 2 is 1.57 bits per heavy atom. The molecular weight excluding hydrogens is 262 g/mol. The highest BCUT2D eigenvalue weighted by Gasteiger charge is 2.36. The molecule has 0 aliphatic carbocycles. The standard InChI is InChI=1S/C18H21NO2/c1-12-5-8-15(9-6-12)19-18(4,17(20)21)16-10-7-13(2)11-14(16)3/h5-11,19H,1-4H3,(H,20,21). The van der Waals surface area contributed by atoms with Gasteiger partial charge in [0.15, 0.2) is 5.54 Å². The van der Waals surface area contributed by atoms with Crippen LogP contribution in [-0.2, 0) is 10.3 Å². The molecule has 1 atom stereocenters. The summed E-state index contributed by atoms with van der Waals surface area (Å²) in [7, 11) is 0. The summed E-state index contributed by atoms with van der Waals surface area (Å²) in [5, 5.41) is 12.9. The van der Waals surface area contributed by atoms with Gasteiger partial charge in [-0.3, -0.25) is 0 Å². The van der Waals surface area contributed by atoms with Crippen LogP contribution in [0.5, 0.6) is 0 Å². The van der Waals surface area contributed by atoms with Gasteiger partial charge in [-0.15, -0.1) is 0 Å². The summed E-state index contributed by atoms with van der Waals surface area (Å²) in [5.41, 5.74) is 3.65. The van der Waals surface area contributed by atoms with Crippen molar-refractivity contribution in [3.05, 3.63) is 64.7 Å². The van der Waals surface area contributed by atoms with E-state index in [0.717, 1.165) is 27.9 Å². The van der Waals surface area contributed by atoms with Crippen molar-refractivity contribution < 1.29 is 9.90 Å². The molecule has 0 saturated heterocycles. The first-order valence-electron chi connectivity index (χ1n) is 6.99. The van der Waals surface area contributed by atoms with Crippen LogP contribution in [0.1, 0.15) is 29.2 Å². The Kier molecular flexibility index (Phi) is 4.03.